The highest BCUT2D eigenvalue weighted by Gasteiger charge is 2.35. The summed E-state index contributed by atoms with van der Waals surface area (Å²) in [7, 11) is 3.09. The zero-order valence-corrected chi connectivity index (χ0v) is 22.3. The fraction of sp³-hybridized carbons (Fsp3) is 0.464. The lowest BCUT2D eigenvalue weighted by Gasteiger charge is -2.31. The van der Waals surface area contributed by atoms with E-state index in [0.717, 1.165) is 35.7 Å². The van der Waals surface area contributed by atoms with Crippen LogP contribution in [0.1, 0.15) is 23.6 Å². The first-order valence-corrected chi connectivity index (χ1v) is 13.1. The number of fused-ring (bicyclic) bond motifs is 1. The zero-order valence-electron chi connectivity index (χ0n) is 22.3. The number of carbonyl (C=O) groups excluding carboxylic acids is 2. The molecule has 0 radical (unpaired) electrons. The van der Waals surface area contributed by atoms with Crippen molar-refractivity contribution < 1.29 is 33.3 Å². The SMILES string of the molecule is COCC(=O)N(CCN1CCOCC1)CC(=O)N1N=C(c2ccc(OC)cc2)C[C@H]1c1ccc2c(c1)OCO2. The van der Waals surface area contributed by atoms with Gasteiger partial charge in [-0.15, -0.1) is 0 Å². The van der Waals surface area contributed by atoms with Gasteiger partial charge < -0.3 is 28.6 Å². The smallest absolute Gasteiger partial charge is 0.262 e. The van der Waals surface area contributed by atoms with Gasteiger partial charge in [0, 0.05) is 39.7 Å². The van der Waals surface area contributed by atoms with E-state index in [9.17, 15) is 9.59 Å². The van der Waals surface area contributed by atoms with Crippen molar-refractivity contribution in [3.63, 3.8) is 0 Å². The Morgan fingerprint density at radius 2 is 1.82 bits per heavy atom. The molecule has 2 aromatic rings. The summed E-state index contributed by atoms with van der Waals surface area (Å²) in [6, 6.07) is 12.9. The Morgan fingerprint density at radius 3 is 2.56 bits per heavy atom. The average Bonchev–Trinajstić information content (AvgIpc) is 3.63. The van der Waals surface area contributed by atoms with Crippen LogP contribution in [0.4, 0.5) is 0 Å². The second-order valence-electron chi connectivity index (χ2n) is 9.55. The maximum atomic E-state index is 13.8. The molecule has 39 heavy (non-hydrogen) atoms. The van der Waals surface area contributed by atoms with Crippen LogP contribution in [-0.2, 0) is 19.1 Å². The van der Waals surface area contributed by atoms with Gasteiger partial charge in [0.2, 0.25) is 12.7 Å². The van der Waals surface area contributed by atoms with Crippen LogP contribution in [-0.4, -0.2) is 106 Å². The van der Waals surface area contributed by atoms with Crippen molar-refractivity contribution in [3.8, 4) is 17.2 Å². The summed E-state index contributed by atoms with van der Waals surface area (Å²) < 4.78 is 26.9. The van der Waals surface area contributed by atoms with Crippen LogP contribution in [0.2, 0.25) is 0 Å². The molecule has 1 atom stereocenters. The lowest BCUT2D eigenvalue weighted by atomic mass is 9.98. The molecule has 0 unspecified atom stereocenters. The zero-order chi connectivity index (χ0) is 27.2. The van der Waals surface area contributed by atoms with E-state index >= 15 is 0 Å². The van der Waals surface area contributed by atoms with E-state index in [0.29, 0.717) is 44.2 Å². The third kappa shape index (κ3) is 6.32. The van der Waals surface area contributed by atoms with Crippen LogP contribution in [0, 0.1) is 0 Å². The van der Waals surface area contributed by atoms with Crippen LogP contribution >= 0.6 is 0 Å². The third-order valence-corrected chi connectivity index (χ3v) is 7.11. The summed E-state index contributed by atoms with van der Waals surface area (Å²) in [6.45, 7) is 3.96. The van der Waals surface area contributed by atoms with Gasteiger partial charge in [0.25, 0.3) is 5.91 Å². The molecule has 1 fully saturated rings. The minimum absolute atomic E-state index is 0.0949. The summed E-state index contributed by atoms with van der Waals surface area (Å²) in [5.41, 5.74) is 2.55. The Morgan fingerprint density at radius 1 is 1.05 bits per heavy atom. The van der Waals surface area contributed by atoms with E-state index in [1.165, 1.54) is 12.1 Å². The average molecular weight is 539 g/mol. The van der Waals surface area contributed by atoms with Gasteiger partial charge in [-0.1, -0.05) is 6.07 Å². The largest absolute Gasteiger partial charge is 0.497 e. The first-order chi connectivity index (χ1) is 19.1. The van der Waals surface area contributed by atoms with Gasteiger partial charge in [0.15, 0.2) is 11.5 Å². The van der Waals surface area contributed by atoms with Crippen LogP contribution in [0.25, 0.3) is 0 Å². The molecule has 3 aliphatic rings. The molecule has 0 N–H and O–H groups in total. The predicted molar refractivity (Wildman–Crippen MR) is 142 cm³/mol. The molecule has 3 aliphatic heterocycles. The van der Waals surface area contributed by atoms with Gasteiger partial charge in [-0.05, 0) is 47.5 Å². The number of hydrogen-bond donors (Lipinski definition) is 0. The van der Waals surface area contributed by atoms with Gasteiger partial charge in [-0.3, -0.25) is 14.5 Å². The van der Waals surface area contributed by atoms with Gasteiger partial charge in [0.1, 0.15) is 18.9 Å². The highest BCUT2D eigenvalue weighted by Crippen LogP contribution is 2.39. The maximum Gasteiger partial charge on any atom is 0.262 e. The van der Waals surface area contributed by atoms with E-state index in [1.807, 2.05) is 42.5 Å². The number of morpholine rings is 1. The van der Waals surface area contributed by atoms with Crippen LogP contribution < -0.4 is 14.2 Å². The highest BCUT2D eigenvalue weighted by atomic mass is 16.7. The van der Waals surface area contributed by atoms with Crippen LogP contribution in [0.5, 0.6) is 17.2 Å². The van der Waals surface area contributed by atoms with E-state index in [1.54, 1.807) is 12.0 Å². The molecule has 2 amide bonds. The van der Waals surface area contributed by atoms with Crippen LogP contribution in [0.15, 0.2) is 47.6 Å². The van der Waals surface area contributed by atoms with Crippen molar-refractivity contribution in [1.29, 1.82) is 0 Å². The number of benzene rings is 2. The normalized spacial score (nSPS) is 18.7. The number of hydrogen-bond acceptors (Lipinski definition) is 9. The monoisotopic (exact) mass is 538 g/mol. The van der Waals surface area contributed by atoms with Crippen molar-refractivity contribution in [1.82, 2.24) is 14.8 Å². The Bertz CT molecular complexity index is 1200. The number of amides is 2. The molecule has 0 saturated carbocycles. The fourth-order valence-electron chi connectivity index (χ4n) is 4.91. The maximum absolute atomic E-state index is 13.8. The van der Waals surface area contributed by atoms with E-state index in [4.69, 9.17) is 28.8 Å². The Balaban J connectivity index is 1.38. The van der Waals surface area contributed by atoms with Gasteiger partial charge in [-0.25, -0.2) is 5.01 Å². The molecule has 11 nitrogen and oxygen atoms in total. The number of hydrazone groups is 1. The second-order valence-corrected chi connectivity index (χ2v) is 9.55. The van der Waals surface area contributed by atoms with Gasteiger partial charge in [-0.2, -0.15) is 5.10 Å². The number of methoxy groups -OCH3 is 2. The van der Waals surface area contributed by atoms with Crippen molar-refractivity contribution in [3.05, 3.63) is 53.6 Å². The van der Waals surface area contributed by atoms with E-state index < -0.39 is 0 Å². The van der Waals surface area contributed by atoms with Crippen molar-refractivity contribution in [2.45, 2.75) is 12.5 Å². The van der Waals surface area contributed by atoms with E-state index in [2.05, 4.69) is 4.90 Å². The molecule has 0 aliphatic carbocycles. The molecular weight excluding hydrogens is 504 g/mol. The molecule has 11 heteroatoms. The van der Waals surface area contributed by atoms with Crippen molar-refractivity contribution in [2.75, 3.05) is 73.6 Å². The fourth-order valence-corrected chi connectivity index (χ4v) is 4.91. The van der Waals surface area contributed by atoms with Crippen molar-refractivity contribution >= 4 is 17.5 Å². The lowest BCUT2D eigenvalue weighted by molar-refractivity contribution is -0.143. The number of rotatable bonds is 10. The van der Waals surface area contributed by atoms with Gasteiger partial charge in [0.05, 0.1) is 32.1 Å². The van der Waals surface area contributed by atoms with E-state index in [-0.39, 0.29) is 37.8 Å². The Labute approximate surface area is 227 Å². The summed E-state index contributed by atoms with van der Waals surface area (Å²) in [5, 5.41) is 6.26. The highest BCUT2D eigenvalue weighted by molar-refractivity contribution is 6.03. The quantitative estimate of drug-likeness (QED) is 0.452. The minimum Gasteiger partial charge on any atom is -0.497 e. The first kappa shape index (κ1) is 26.9. The first-order valence-electron chi connectivity index (χ1n) is 13.1. The molecule has 1 saturated heterocycles. The molecule has 208 valence electrons. The molecular formula is C28H34N4O7. The summed E-state index contributed by atoms with van der Waals surface area (Å²) >= 11 is 0. The lowest BCUT2D eigenvalue weighted by Crippen LogP contribution is -2.47. The molecule has 0 bridgehead atoms. The third-order valence-electron chi connectivity index (χ3n) is 7.11. The number of nitrogens with zero attached hydrogens (tertiary/aromatic N) is 4. The minimum atomic E-state index is -0.359. The van der Waals surface area contributed by atoms with Crippen LogP contribution in [0.3, 0.4) is 0 Å². The molecule has 3 heterocycles. The second kappa shape index (κ2) is 12.5. The topological polar surface area (TPSA) is 102 Å². The summed E-state index contributed by atoms with van der Waals surface area (Å²) in [6.07, 6.45) is 0.511. The molecule has 5 rings (SSSR count). The standard InChI is InChI=1S/C28H34N4O7/c1-35-18-28(34)31(10-9-30-11-13-37-14-12-30)17-27(33)32-24(21-5-8-25-26(15-21)39-19-38-25)16-23(29-32)20-3-6-22(36-2)7-4-20/h3-8,15,24H,9-14,16-19H2,1-2H3/t24-/m0/s1. The van der Waals surface area contributed by atoms with Crippen molar-refractivity contribution in [2.24, 2.45) is 5.10 Å². The Kier molecular flexibility index (Phi) is 8.60. The number of carbonyl (C=O) groups is 2. The summed E-state index contributed by atoms with van der Waals surface area (Å²) in [4.78, 5) is 30.5. The molecule has 0 aromatic heterocycles. The summed E-state index contributed by atoms with van der Waals surface area (Å²) in [5.74, 6) is 1.54. The molecule has 2 aromatic carbocycles. The predicted octanol–water partition coefficient (Wildman–Crippen LogP) is 1.91. The van der Waals surface area contributed by atoms with Gasteiger partial charge >= 0.3 is 0 Å². The Hall–Kier alpha value is -3.67. The molecule has 0 spiro atoms. The number of ether oxygens (including phenoxy) is 5.